The molecule has 0 aliphatic rings. The van der Waals surface area contributed by atoms with E-state index in [1.165, 1.54) is 0 Å². The average molecular weight is 296 g/mol. The highest BCUT2D eigenvalue weighted by atomic mass is 28.4. The maximum absolute atomic E-state index is 12.2. The molecule has 0 fully saturated rings. The first-order valence-electron chi connectivity index (χ1n) is 6.91. The minimum absolute atomic E-state index is 0.0294. The summed E-state index contributed by atoms with van der Waals surface area (Å²) in [6, 6.07) is 0. The highest BCUT2D eigenvalue weighted by molar-refractivity contribution is 6.74. The zero-order chi connectivity index (χ0) is 16.2. The lowest BCUT2D eigenvalue weighted by atomic mass is 9.85. The SMILES string of the molecule is C#CCC(C)(C(=C)O[Si](C)(C)C(C)(C)C)C(=O)OCC. The van der Waals surface area contributed by atoms with Gasteiger partial charge in [-0.05, 0) is 32.0 Å². The predicted molar refractivity (Wildman–Crippen MR) is 85.6 cm³/mol. The third-order valence-corrected chi connectivity index (χ3v) is 8.35. The molecule has 0 aromatic carbocycles. The molecular formula is C16H28O3Si. The van der Waals surface area contributed by atoms with Crippen LogP contribution in [-0.4, -0.2) is 20.9 Å². The van der Waals surface area contributed by atoms with Crippen LogP contribution in [0.4, 0.5) is 0 Å². The molecule has 0 spiro atoms. The Kier molecular flexibility index (Phi) is 6.10. The normalized spacial score (nSPS) is 14.9. The molecule has 4 heteroatoms. The van der Waals surface area contributed by atoms with Crippen LogP contribution < -0.4 is 0 Å². The van der Waals surface area contributed by atoms with Crippen LogP contribution in [-0.2, 0) is 14.0 Å². The third-order valence-electron chi connectivity index (χ3n) is 3.98. The monoisotopic (exact) mass is 296 g/mol. The average Bonchev–Trinajstić information content (AvgIpc) is 2.27. The van der Waals surface area contributed by atoms with Crippen LogP contribution in [0.15, 0.2) is 12.3 Å². The van der Waals surface area contributed by atoms with Gasteiger partial charge in [0.2, 0.25) is 8.32 Å². The largest absolute Gasteiger partial charge is 0.546 e. The van der Waals surface area contributed by atoms with Gasteiger partial charge < -0.3 is 9.16 Å². The van der Waals surface area contributed by atoms with Crippen molar-refractivity contribution >= 4 is 14.3 Å². The molecule has 0 aliphatic carbocycles. The first-order chi connectivity index (χ1) is 8.92. The van der Waals surface area contributed by atoms with Crippen molar-refractivity contribution in [2.45, 2.75) is 59.2 Å². The molecule has 0 aromatic rings. The van der Waals surface area contributed by atoms with Crippen molar-refractivity contribution in [2.75, 3.05) is 6.61 Å². The van der Waals surface area contributed by atoms with Crippen LogP contribution in [0.5, 0.6) is 0 Å². The second-order valence-electron chi connectivity index (χ2n) is 6.72. The van der Waals surface area contributed by atoms with Crippen LogP contribution in [0.2, 0.25) is 18.1 Å². The zero-order valence-corrected chi connectivity index (χ0v) is 14.9. The quantitative estimate of drug-likeness (QED) is 0.320. The van der Waals surface area contributed by atoms with Crippen molar-refractivity contribution in [3.8, 4) is 12.3 Å². The Labute approximate surface area is 124 Å². The Morgan fingerprint density at radius 2 is 1.80 bits per heavy atom. The number of rotatable bonds is 6. The second kappa shape index (κ2) is 6.49. The van der Waals surface area contributed by atoms with E-state index in [4.69, 9.17) is 15.6 Å². The summed E-state index contributed by atoms with van der Waals surface area (Å²) in [6.07, 6.45) is 5.61. The van der Waals surface area contributed by atoms with E-state index in [1.54, 1.807) is 13.8 Å². The van der Waals surface area contributed by atoms with E-state index in [0.29, 0.717) is 12.4 Å². The first kappa shape index (κ1) is 18.8. The van der Waals surface area contributed by atoms with Crippen molar-refractivity contribution in [3.63, 3.8) is 0 Å². The highest BCUT2D eigenvalue weighted by Gasteiger charge is 2.45. The molecule has 0 aromatic heterocycles. The van der Waals surface area contributed by atoms with Gasteiger partial charge in [0.15, 0.2) is 0 Å². The van der Waals surface area contributed by atoms with E-state index in [-0.39, 0.29) is 17.4 Å². The van der Waals surface area contributed by atoms with Gasteiger partial charge in [-0.25, -0.2) is 0 Å². The highest BCUT2D eigenvalue weighted by Crippen LogP contribution is 2.42. The van der Waals surface area contributed by atoms with Crippen molar-refractivity contribution in [3.05, 3.63) is 12.3 Å². The summed E-state index contributed by atoms with van der Waals surface area (Å²) in [5.74, 6) is 2.57. The number of esters is 1. The van der Waals surface area contributed by atoms with Crippen LogP contribution in [0, 0.1) is 17.8 Å². The van der Waals surface area contributed by atoms with E-state index in [1.807, 2.05) is 0 Å². The molecule has 0 heterocycles. The maximum atomic E-state index is 12.2. The minimum atomic E-state index is -2.05. The number of ether oxygens (including phenoxy) is 1. The zero-order valence-electron chi connectivity index (χ0n) is 13.9. The maximum Gasteiger partial charge on any atom is 0.320 e. The van der Waals surface area contributed by atoms with Gasteiger partial charge in [0.1, 0.15) is 5.41 Å². The molecule has 3 nitrogen and oxygen atoms in total. The Morgan fingerprint density at radius 1 is 1.30 bits per heavy atom. The van der Waals surface area contributed by atoms with Gasteiger partial charge in [0.05, 0.1) is 12.4 Å². The van der Waals surface area contributed by atoms with E-state index in [2.05, 4.69) is 46.4 Å². The van der Waals surface area contributed by atoms with Gasteiger partial charge in [-0.15, -0.1) is 12.3 Å². The first-order valence-corrected chi connectivity index (χ1v) is 9.82. The van der Waals surface area contributed by atoms with Crippen molar-refractivity contribution in [1.29, 1.82) is 0 Å². The third kappa shape index (κ3) is 4.14. The summed E-state index contributed by atoms with van der Waals surface area (Å²) in [5, 5.41) is 0.0294. The lowest BCUT2D eigenvalue weighted by Gasteiger charge is -2.40. The molecule has 1 atom stereocenters. The topological polar surface area (TPSA) is 35.5 Å². The van der Waals surface area contributed by atoms with Crippen LogP contribution in [0.3, 0.4) is 0 Å². The molecular weight excluding hydrogens is 268 g/mol. The smallest absolute Gasteiger partial charge is 0.320 e. The molecule has 0 N–H and O–H groups in total. The molecule has 0 rings (SSSR count). The molecule has 0 saturated heterocycles. The van der Waals surface area contributed by atoms with E-state index < -0.39 is 13.7 Å². The summed E-state index contributed by atoms with van der Waals surface area (Å²) in [5.41, 5.74) is -0.986. The van der Waals surface area contributed by atoms with Crippen LogP contribution in [0.25, 0.3) is 0 Å². The van der Waals surface area contributed by atoms with Crippen molar-refractivity contribution < 1.29 is 14.0 Å². The number of hydrogen-bond donors (Lipinski definition) is 0. The van der Waals surface area contributed by atoms with Crippen molar-refractivity contribution in [1.82, 2.24) is 0 Å². The molecule has 1 unspecified atom stereocenters. The number of terminal acetylenes is 1. The van der Waals surface area contributed by atoms with Crippen molar-refractivity contribution in [2.24, 2.45) is 5.41 Å². The summed E-state index contributed by atoms with van der Waals surface area (Å²) < 4.78 is 11.3. The van der Waals surface area contributed by atoms with Crippen LogP contribution >= 0.6 is 0 Å². The van der Waals surface area contributed by atoms with Gasteiger partial charge in [-0.3, -0.25) is 4.79 Å². The van der Waals surface area contributed by atoms with Gasteiger partial charge in [-0.2, -0.15) is 0 Å². The van der Waals surface area contributed by atoms with Gasteiger partial charge in [0, 0.05) is 6.42 Å². The van der Waals surface area contributed by atoms with E-state index >= 15 is 0 Å². The Morgan fingerprint density at radius 3 is 2.15 bits per heavy atom. The molecule has 20 heavy (non-hydrogen) atoms. The fourth-order valence-corrected chi connectivity index (χ4v) is 2.50. The van der Waals surface area contributed by atoms with Gasteiger partial charge >= 0.3 is 5.97 Å². The van der Waals surface area contributed by atoms with Crippen LogP contribution in [0.1, 0.15) is 41.0 Å². The number of carbonyl (C=O) groups excluding carboxylic acids is 1. The summed E-state index contributed by atoms with van der Waals surface area (Å²) >= 11 is 0. The molecule has 0 saturated carbocycles. The number of carbonyl (C=O) groups is 1. The van der Waals surface area contributed by atoms with E-state index in [0.717, 1.165) is 0 Å². The Balaban J connectivity index is 5.30. The molecule has 0 amide bonds. The number of hydrogen-bond acceptors (Lipinski definition) is 3. The Hall–Kier alpha value is -1.21. The molecule has 114 valence electrons. The van der Waals surface area contributed by atoms with Gasteiger partial charge in [-0.1, -0.05) is 27.4 Å². The van der Waals surface area contributed by atoms with E-state index in [9.17, 15) is 4.79 Å². The molecule has 0 radical (unpaired) electrons. The second-order valence-corrected chi connectivity index (χ2v) is 11.4. The Bertz CT molecular complexity index is 412. The molecule has 0 bridgehead atoms. The fourth-order valence-electron chi connectivity index (χ4n) is 1.35. The molecule has 0 aliphatic heterocycles. The standard InChI is InChI=1S/C16H28O3Si/c1-10-12-16(7,14(17)18-11-2)13(3)19-20(8,9)15(4,5)6/h1H,3,11-12H2,2,4-9H3. The fraction of sp³-hybridized carbons (Fsp3) is 0.688. The summed E-state index contributed by atoms with van der Waals surface area (Å²) in [7, 11) is -2.05. The minimum Gasteiger partial charge on any atom is -0.546 e. The summed E-state index contributed by atoms with van der Waals surface area (Å²) in [4.78, 5) is 12.2. The predicted octanol–water partition coefficient (Wildman–Crippen LogP) is 4.11. The lowest BCUT2D eigenvalue weighted by molar-refractivity contribution is -0.153. The summed E-state index contributed by atoms with van der Waals surface area (Å²) in [6.45, 7) is 18.4. The lowest BCUT2D eigenvalue weighted by Crippen LogP contribution is -2.44. The van der Waals surface area contributed by atoms with Gasteiger partial charge in [0.25, 0.3) is 0 Å².